The Morgan fingerprint density at radius 2 is 1.70 bits per heavy atom. The number of carbonyl (C=O) groups excluding carboxylic acids is 2. The van der Waals surface area contributed by atoms with Gasteiger partial charge in [0, 0.05) is 50.2 Å². The monoisotopic (exact) mass is 359 g/mol. The topological polar surface area (TPSA) is 63.2 Å². The molecule has 1 aromatic carbocycles. The third kappa shape index (κ3) is 4.64. The number of aryl methyl sites for hydroxylation is 1. The number of aromatic nitrogens is 2. The Balaban J connectivity index is 1.66. The normalized spacial score (nSPS) is 10.4. The molecule has 1 amide bonds. The second kappa shape index (κ2) is 8.36. The van der Waals surface area contributed by atoms with E-state index < -0.39 is 0 Å². The Labute approximate surface area is 158 Å². The van der Waals surface area contributed by atoms with Crippen LogP contribution in [0.15, 0.2) is 67.1 Å². The van der Waals surface area contributed by atoms with Crippen molar-refractivity contribution in [3.63, 3.8) is 0 Å². The Morgan fingerprint density at radius 3 is 2.30 bits per heavy atom. The second-order valence-corrected chi connectivity index (χ2v) is 6.34. The van der Waals surface area contributed by atoms with Gasteiger partial charge in [-0.25, -0.2) is 0 Å². The number of rotatable bonds is 6. The molecule has 0 atom stereocenters. The van der Waals surface area contributed by atoms with E-state index in [9.17, 15) is 9.59 Å². The quantitative estimate of drug-likeness (QED) is 0.625. The van der Waals surface area contributed by atoms with Crippen molar-refractivity contribution in [2.75, 3.05) is 11.9 Å². The summed E-state index contributed by atoms with van der Waals surface area (Å²) in [5.41, 5.74) is 4.25. The molecule has 0 N–H and O–H groups in total. The molecule has 2 heterocycles. The van der Waals surface area contributed by atoms with E-state index in [4.69, 9.17) is 0 Å². The summed E-state index contributed by atoms with van der Waals surface area (Å²) in [6.07, 6.45) is 6.26. The lowest BCUT2D eigenvalue weighted by atomic mass is 10.0. The first-order chi connectivity index (χ1) is 13.0. The molecule has 0 bridgehead atoms. The van der Waals surface area contributed by atoms with Gasteiger partial charge in [-0.3, -0.25) is 19.6 Å². The van der Waals surface area contributed by atoms with Crippen LogP contribution in [0.1, 0.15) is 29.4 Å². The van der Waals surface area contributed by atoms with Crippen LogP contribution in [-0.2, 0) is 11.2 Å². The third-order valence-corrected chi connectivity index (χ3v) is 4.47. The highest BCUT2D eigenvalue weighted by atomic mass is 16.2. The average Bonchev–Trinajstić information content (AvgIpc) is 2.72. The molecule has 5 heteroatoms. The molecule has 0 saturated carbocycles. The Kier molecular flexibility index (Phi) is 5.71. The number of ketones is 1. The van der Waals surface area contributed by atoms with E-state index in [0.717, 1.165) is 22.4 Å². The zero-order chi connectivity index (χ0) is 19.2. The molecule has 136 valence electrons. The highest BCUT2D eigenvalue weighted by molar-refractivity contribution is 5.94. The molecule has 3 aromatic rings. The third-order valence-electron chi connectivity index (χ3n) is 4.47. The van der Waals surface area contributed by atoms with Crippen molar-refractivity contribution in [2.24, 2.45) is 0 Å². The van der Waals surface area contributed by atoms with Crippen molar-refractivity contribution >= 4 is 17.4 Å². The summed E-state index contributed by atoms with van der Waals surface area (Å²) in [4.78, 5) is 33.7. The fraction of sp³-hybridized carbons (Fsp3) is 0.182. The minimum absolute atomic E-state index is 0.0152. The summed E-state index contributed by atoms with van der Waals surface area (Å²) in [7, 11) is 1.74. The first-order valence-electron chi connectivity index (χ1n) is 8.77. The number of benzene rings is 1. The number of hydrogen-bond donors (Lipinski definition) is 0. The summed E-state index contributed by atoms with van der Waals surface area (Å²) < 4.78 is 0. The second-order valence-electron chi connectivity index (χ2n) is 6.34. The van der Waals surface area contributed by atoms with Gasteiger partial charge in [-0.05, 0) is 41.8 Å². The number of hydrogen-bond acceptors (Lipinski definition) is 4. The highest BCUT2D eigenvalue weighted by Gasteiger charge is 2.09. The molecule has 0 aliphatic rings. The summed E-state index contributed by atoms with van der Waals surface area (Å²) in [6.45, 7) is 1.53. The lowest BCUT2D eigenvalue weighted by Crippen LogP contribution is -2.22. The SMILES string of the molecule is CC(=O)N(C)c1ccc(-c2ccc(C(=O)CCc3cccnc3)nc2)cc1. The number of Topliss-reactive ketones (excluding diaryl/α,β-unsaturated/α-hetero) is 1. The van der Waals surface area contributed by atoms with Gasteiger partial charge < -0.3 is 4.90 Å². The standard InChI is InChI=1S/C22H21N3O2/c1-16(26)25(2)20-9-6-18(7-10-20)19-8-11-21(24-15-19)22(27)12-5-17-4-3-13-23-14-17/h3-4,6-11,13-15H,5,12H2,1-2H3. The molecule has 0 fully saturated rings. The first kappa shape index (κ1) is 18.5. The van der Waals surface area contributed by atoms with Gasteiger partial charge in [-0.2, -0.15) is 0 Å². The van der Waals surface area contributed by atoms with Crippen molar-refractivity contribution < 1.29 is 9.59 Å². The Hall–Kier alpha value is -3.34. The molecular formula is C22H21N3O2. The minimum atomic E-state index is -0.0152. The van der Waals surface area contributed by atoms with Crippen LogP contribution in [0.4, 0.5) is 5.69 Å². The zero-order valence-corrected chi connectivity index (χ0v) is 15.4. The fourth-order valence-corrected chi connectivity index (χ4v) is 2.72. The molecule has 27 heavy (non-hydrogen) atoms. The molecular weight excluding hydrogens is 338 g/mol. The lowest BCUT2D eigenvalue weighted by molar-refractivity contribution is -0.116. The van der Waals surface area contributed by atoms with Crippen molar-refractivity contribution in [3.8, 4) is 11.1 Å². The number of pyridine rings is 2. The predicted molar refractivity (Wildman–Crippen MR) is 106 cm³/mol. The maximum atomic E-state index is 12.3. The van der Waals surface area contributed by atoms with Crippen LogP contribution in [0.3, 0.4) is 0 Å². The van der Waals surface area contributed by atoms with Crippen molar-refractivity contribution in [1.29, 1.82) is 0 Å². The zero-order valence-electron chi connectivity index (χ0n) is 15.4. The highest BCUT2D eigenvalue weighted by Crippen LogP contribution is 2.22. The van der Waals surface area contributed by atoms with Gasteiger partial charge >= 0.3 is 0 Å². The maximum absolute atomic E-state index is 12.3. The van der Waals surface area contributed by atoms with Gasteiger partial charge in [0.15, 0.2) is 5.78 Å². The first-order valence-corrected chi connectivity index (χ1v) is 8.77. The van der Waals surface area contributed by atoms with E-state index in [1.165, 1.54) is 6.92 Å². The average molecular weight is 359 g/mol. The van der Waals surface area contributed by atoms with E-state index in [2.05, 4.69) is 9.97 Å². The van der Waals surface area contributed by atoms with Crippen LogP contribution in [0.25, 0.3) is 11.1 Å². The molecule has 5 nitrogen and oxygen atoms in total. The number of amides is 1. The summed E-state index contributed by atoms with van der Waals surface area (Å²) in [5.74, 6) is 0.00222. The predicted octanol–water partition coefficient (Wildman–Crippen LogP) is 3.94. The molecule has 0 aliphatic carbocycles. The lowest BCUT2D eigenvalue weighted by Gasteiger charge is -2.15. The largest absolute Gasteiger partial charge is 0.316 e. The maximum Gasteiger partial charge on any atom is 0.223 e. The van der Waals surface area contributed by atoms with Gasteiger partial charge in [0.1, 0.15) is 5.69 Å². The van der Waals surface area contributed by atoms with E-state index in [-0.39, 0.29) is 11.7 Å². The van der Waals surface area contributed by atoms with E-state index in [0.29, 0.717) is 18.5 Å². The number of nitrogens with zero attached hydrogens (tertiary/aromatic N) is 3. The van der Waals surface area contributed by atoms with Gasteiger partial charge in [0.25, 0.3) is 0 Å². The summed E-state index contributed by atoms with van der Waals surface area (Å²) in [5, 5.41) is 0. The smallest absolute Gasteiger partial charge is 0.223 e. The van der Waals surface area contributed by atoms with Gasteiger partial charge in [0.05, 0.1) is 0 Å². The Bertz CT molecular complexity index is 920. The van der Waals surface area contributed by atoms with Crippen molar-refractivity contribution in [1.82, 2.24) is 9.97 Å². The summed E-state index contributed by atoms with van der Waals surface area (Å²) >= 11 is 0. The van der Waals surface area contributed by atoms with Crippen LogP contribution in [0.2, 0.25) is 0 Å². The van der Waals surface area contributed by atoms with Gasteiger partial charge in [-0.15, -0.1) is 0 Å². The molecule has 3 rings (SSSR count). The van der Waals surface area contributed by atoms with Crippen molar-refractivity contribution in [2.45, 2.75) is 19.8 Å². The minimum Gasteiger partial charge on any atom is -0.316 e. The van der Waals surface area contributed by atoms with Gasteiger partial charge in [0.2, 0.25) is 5.91 Å². The molecule has 0 saturated heterocycles. The van der Waals surface area contributed by atoms with E-state index in [1.807, 2.05) is 42.5 Å². The fourth-order valence-electron chi connectivity index (χ4n) is 2.72. The van der Waals surface area contributed by atoms with E-state index >= 15 is 0 Å². The van der Waals surface area contributed by atoms with Crippen LogP contribution in [0, 0.1) is 0 Å². The number of carbonyl (C=O) groups is 2. The number of anilines is 1. The van der Waals surface area contributed by atoms with Gasteiger partial charge in [-0.1, -0.05) is 24.3 Å². The molecule has 2 aromatic heterocycles. The van der Waals surface area contributed by atoms with Crippen LogP contribution in [-0.4, -0.2) is 28.7 Å². The van der Waals surface area contributed by atoms with Crippen LogP contribution < -0.4 is 4.90 Å². The molecule has 0 radical (unpaired) electrons. The molecule has 0 aliphatic heterocycles. The van der Waals surface area contributed by atoms with Crippen LogP contribution in [0.5, 0.6) is 0 Å². The summed E-state index contributed by atoms with van der Waals surface area (Å²) in [6, 6.07) is 15.2. The molecule has 0 spiro atoms. The van der Waals surface area contributed by atoms with Crippen molar-refractivity contribution in [3.05, 3.63) is 78.4 Å². The van der Waals surface area contributed by atoms with Crippen LogP contribution >= 0.6 is 0 Å². The molecule has 0 unspecified atom stereocenters. The Morgan fingerprint density at radius 1 is 0.963 bits per heavy atom. The van der Waals surface area contributed by atoms with E-state index in [1.54, 1.807) is 36.6 Å².